The van der Waals surface area contributed by atoms with Gasteiger partial charge in [0, 0.05) is 42.6 Å². The number of ether oxygens (including phenoxy) is 1. The Morgan fingerprint density at radius 3 is 2.90 bits per heavy atom. The third-order valence-electron chi connectivity index (χ3n) is 3.19. The van der Waals surface area contributed by atoms with Crippen molar-refractivity contribution in [3.8, 4) is 5.75 Å². The summed E-state index contributed by atoms with van der Waals surface area (Å²) >= 11 is 7.91. The lowest BCUT2D eigenvalue weighted by molar-refractivity contribution is -0.116. The molecular weight excluding hydrogens is 296 g/mol. The number of nitrogens with zero attached hydrogens (tertiary/aromatic N) is 1. The van der Waals surface area contributed by atoms with Gasteiger partial charge in [0.05, 0.1) is 12.8 Å². The first-order valence-electron chi connectivity index (χ1n) is 6.62. The van der Waals surface area contributed by atoms with Crippen LogP contribution in [0.15, 0.2) is 18.2 Å². The van der Waals surface area contributed by atoms with Crippen molar-refractivity contribution in [2.45, 2.75) is 6.42 Å². The van der Waals surface area contributed by atoms with Gasteiger partial charge in [0.15, 0.2) is 0 Å². The summed E-state index contributed by atoms with van der Waals surface area (Å²) in [5, 5.41) is 3.44. The van der Waals surface area contributed by atoms with E-state index in [0.717, 1.165) is 31.1 Å². The van der Waals surface area contributed by atoms with Crippen molar-refractivity contribution in [3.05, 3.63) is 23.2 Å². The molecule has 2 rings (SSSR count). The maximum Gasteiger partial charge on any atom is 0.225 e. The molecule has 0 spiro atoms. The Morgan fingerprint density at radius 2 is 2.20 bits per heavy atom. The number of thioether (sulfide) groups is 1. The second-order valence-electron chi connectivity index (χ2n) is 4.60. The van der Waals surface area contributed by atoms with Crippen LogP contribution in [0.2, 0.25) is 5.02 Å². The van der Waals surface area contributed by atoms with Crippen molar-refractivity contribution in [1.82, 2.24) is 4.90 Å². The molecule has 20 heavy (non-hydrogen) atoms. The van der Waals surface area contributed by atoms with Gasteiger partial charge >= 0.3 is 0 Å². The lowest BCUT2D eigenvalue weighted by Crippen LogP contribution is -2.34. The average Bonchev–Trinajstić information content (AvgIpc) is 2.46. The van der Waals surface area contributed by atoms with E-state index in [1.54, 1.807) is 25.3 Å². The summed E-state index contributed by atoms with van der Waals surface area (Å²) in [6.45, 7) is 2.94. The topological polar surface area (TPSA) is 41.6 Å². The van der Waals surface area contributed by atoms with Crippen molar-refractivity contribution in [1.29, 1.82) is 0 Å². The van der Waals surface area contributed by atoms with E-state index in [4.69, 9.17) is 16.3 Å². The van der Waals surface area contributed by atoms with Crippen LogP contribution in [-0.2, 0) is 4.79 Å². The highest BCUT2D eigenvalue weighted by molar-refractivity contribution is 7.99. The number of rotatable bonds is 5. The van der Waals surface area contributed by atoms with Gasteiger partial charge in [-0.05, 0) is 18.2 Å². The Kier molecular flexibility index (Phi) is 6.01. The zero-order valence-electron chi connectivity index (χ0n) is 11.5. The highest BCUT2D eigenvalue weighted by Crippen LogP contribution is 2.27. The van der Waals surface area contributed by atoms with Gasteiger partial charge < -0.3 is 15.0 Å². The number of nitrogens with one attached hydrogen (secondary N) is 1. The molecule has 0 atom stereocenters. The first-order valence-corrected chi connectivity index (χ1v) is 8.16. The van der Waals surface area contributed by atoms with Crippen molar-refractivity contribution in [2.24, 2.45) is 0 Å². The molecule has 4 nitrogen and oxygen atoms in total. The fourth-order valence-electron chi connectivity index (χ4n) is 2.08. The van der Waals surface area contributed by atoms with Gasteiger partial charge in [0.2, 0.25) is 5.91 Å². The van der Waals surface area contributed by atoms with Gasteiger partial charge in [-0.15, -0.1) is 0 Å². The molecule has 0 aromatic heterocycles. The van der Waals surface area contributed by atoms with E-state index in [9.17, 15) is 4.79 Å². The predicted molar refractivity (Wildman–Crippen MR) is 85.0 cm³/mol. The Balaban J connectivity index is 1.86. The van der Waals surface area contributed by atoms with Crippen LogP contribution in [-0.4, -0.2) is 49.1 Å². The third-order valence-corrected chi connectivity index (χ3v) is 4.37. The van der Waals surface area contributed by atoms with Gasteiger partial charge in [-0.3, -0.25) is 4.79 Å². The summed E-state index contributed by atoms with van der Waals surface area (Å²) in [5.41, 5.74) is 0.624. The van der Waals surface area contributed by atoms with Crippen LogP contribution >= 0.6 is 23.4 Å². The number of methoxy groups -OCH3 is 1. The molecule has 1 N–H and O–H groups in total. The molecule has 0 unspecified atom stereocenters. The zero-order chi connectivity index (χ0) is 14.4. The maximum absolute atomic E-state index is 12.0. The van der Waals surface area contributed by atoms with Crippen LogP contribution in [0.1, 0.15) is 6.42 Å². The first-order chi connectivity index (χ1) is 9.69. The van der Waals surface area contributed by atoms with Gasteiger partial charge in [-0.25, -0.2) is 0 Å². The van der Waals surface area contributed by atoms with Crippen LogP contribution in [0.4, 0.5) is 5.69 Å². The monoisotopic (exact) mass is 314 g/mol. The standard InChI is InChI=1S/C14H19ClN2O2S/c1-19-13-3-2-11(15)10-12(13)16-14(18)4-5-17-6-8-20-9-7-17/h2-3,10H,4-9H2,1H3,(H,16,18). The molecule has 1 aromatic carbocycles. The maximum atomic E-state index is 12.0. The van der Waals surface area contributed by atoms with E-state index in [1.165, 1.54) is 0 Å². The summed E-state index contributed by atoms with van der Waals surface area (Å²) in [6.07, 6.45) is 0.486. The van der Waals surface area contributed by atoms with Crippen molar-refractivity contribution < 1.29 is 9.53 Å². The minimum Gasteiger partial charge on any atom is -0.495 e. The second kappa shape index (κ2) is 7.76. The Hall–Kier alpha value is -0.910. The van der Waals surface area contributed by atoms with Crippen LogP contribution in [0.3, 0.4) is 0 Å². The summed E-state index contributed by atoms with van der Waals surface area (Å²) in [7, 11) is 1.57. The predicted octanol–water partition coefficient (Wildman–Crippen LogP) is 2.73. The molecule has 1 aromatic rings. The average molecular weight is 315 g/mol. The number of carbonyl (C=O) groups is 1. The first kappa shape index (κ1) is 15.5. The SMILES string of the molecule is COc1ccc(Cl)cc1NC(=O)CCN1CCSCC1. The number of carbonyl (C=O) groups excluding carboxylic acids is 1. The molecule has 1 heterocycles. The van der Waals surface area contributed by atoms with Crippen LogP contribution in [0.25, 0.3) is 0 Å². The van der Waals surface area contributed by atoms with E-state index in [-0.39, 0.29) is 5.91 Å². The molecule has 1 saturated heterocycles. The normalized spacial score (nSPS) is 15.9. The highest BCUT2D eigenvalue weighted by atomic mass is 35.5. The molecule has 1 aliphatic rings. The van der Waals surface area contributed by atoms with Gasteiger partial charge in [-0.2, -0.15) is 11.8 Å². The fourth-order valence-corrected chi connectivity index (χ4v) is 3.23. The minimum absolute atomic E-state index is 0.0104. The van der Waals surface area contributed by atoms with Crippen molar-refractivity contribution in [2.75, 3.05) is 43.6 Å². The summed E-state index contributed by atoms with van der Waals surface area (Å²) < 4.78 is 5.21. The summed E-state index contributed by atoms with van der Waals surface area (Å²) in [6, 6.07) is 5.19. The summed E-state index contributed by atoms with van der Waals surface area (Å²) in [4.78, 5) is 14.3. The number of hydrogen-bond donors (Lipinski definition) is 1. The number of hydrogen-bond acceptors (Lipinski definition) is 4. The van der Waals surface area contributed by atoms with E-state index in [1.807, 2.05) is 11.8 Å². The molecule has 110 valence electrons. The largest absolute Gasteiger partial charge is 0.495 e. The quantitative estimate of drug-likeness (QED) is 0.907. The van der Waals surface area contributed by atoms with Gasteiger partial charge in [0.1, 0.15) is 5.75 Å². The Morgan fingerprint density at radius 1 is 1.45 bits per heavy atom. The minimum atomic E-state index is -0.0104. The number of benzene rings is 1. The molecule has 0 aliphatic carbocycles. The van der Waals surface area contributed by atoms with E-state index in [2.05, 4.69) is 10.2 Å². The molecule has 0 saturated carbocycles. The number of halogens is 1. The Bertz CT molecular complexity index is 464. The van der Waals surface area contributed by atoms with E-state index < -0.39 is 0 Å². The molecule has 6 heteroatoms. The third kappa shape index (κ3) is 4.58. The highest BCUT2D eigenvalue weighted by Gasteiger charge is 2.13. The van der Waals surface area contributed by atoms with Crippen molar-refractivity contribution >= 4 is 35.0 Å². The smallest absolute Gasteiger partial charge is 0.225 e. The fraction of sp³-hybridized carbons (Fsp3) is 0.500. The summed E-state index contributed by atoms with van der Waals surface area (Å²) in [5.74, 6) is 2.92. The molecular formula is C14H19ClN2O2S. The molecule has 1 amide bonds. The number of anilines is 1. The molecule has 1 aliphatic heterocycles. The van der Waals surface area contributed by atoms with E-state index >= 15 is 0 Å². The second-order valence-corrected chi connectivity index (χ2v) is 6.26. The Labute approximate surface area is 128 Å². The molecule has 0 bridgehead atoms. The molecule has 0 radical (unpaired) electrons. The van der Waals surface area contributed by atoms with Crippen molar-refractivity contribution in [3.63, 3.8) is 0 Å². The van der Waals surface area contributed by atoms with Crippen LogP contribution in [0.5, 0.6) is 5.75 Å². The number of amides is 1. The van der Waals surface area contributed by atoms with Crippen LogP contribution < -0.4 is 10.1 Å². The zero-order valence-corrected chi connectivity index (χ0v) is 13.1. The van der Waals surface area contributed by atoms with E-state index in [0.29, 0.717) is 22.9 Å². The van der Waals surface area contributed by atoms with Gasteiger partial charge in [0.25, 0.3) is 0 Å². The van der Waals surface area contributed by atoms with Crippen LogP contribution in [0, 0.1) is 0 Å². The van der Waals surface area contributed by atoms with Gasteiger partial charge in [-0.1, -0.05) is 11.6 Å². The lowest BCUT2D eigenvalue weighted by atomic mass is 10.2. The molecule has 1 fully saturated rings. The lowest BCUT2D eigenvalue weighted by Gasteiger charge is -2.25.